The molecule has 2 rings (SSSR count). The van der Waals surface area contributed by atoms with Crippen molar-refractivity contribution in [2.75, 3.05) is 13.1 Å². The molecule has 1 unspecified atom stereocenters. The summed E-state index contributed by atoms with van der Waals surface area (Å²) in [7, 11) is -0.760. The lowest BCUT2D eigenvalue weighted by Gasteiger charge is -2.21. The zero-order valence-corrected chi connectivity index (χ0v) is 9.50. The largest absolute Gasteiger partial charge is 0.317 e. The van der Waals surface area contributed by atoms with E-state index in [0.29, 0.717) is 11.0 Å². The number of rotatable bonds is 3. The fraction of sp³-hybridized carbons (Fsp3) is 0.545. The van der Waals surface area contributed by atoms with Crippen LogP contribution in [-0.2, 0) is 16.6 Å². The highest BCUT2D eigenvalue weighted by atomic mass is 32.2. The van der Waals surface area contributed by atoms with Crippen LogP contribution >= 0.6 is 0 Å². The quantitative estimate of drug-likeness (QED) is 0.835. The third kappa shape index (κ3) is 3.11. The van der Waals surface area contributed by atoms with Crippen LogP contribution in [0.5, 0.6) is 0 Å². The summed E-state index contributed by atoms with van der Waals surface area (Å²) in [5.41, 5.74) is 0.939. The molecule has 0 aliphatic carbocycles. The van der Waals surface area contributed by atoms with E-state index < -0.39 is 10.8 Å². The van der Waals surface area contributed by atoms with Crippen LogP contribution in [0, 0.1) is 0 Å². The minimum Gasteiger partial charge on any atom is -0.317 e. The SMILES string of the molecule is O=S(Cc1ccccn1)C1CCNCC1. The van der Waals surface area contributed by atoms with Crippen LogP contribution in [0.2, 0.25) is 0 Å². The first-order chi connectivity index (χ1) is 7.36. The van der Waals surface area contributed by atoms with E-state index in [0.717, 1.165) is 31.6 Å². The van der Waals surface area contributed by atoms with Gasteiger partial charge in [0.2, 0.25) is 0 Å². The van der Waals surface area contributed by atoms with E-state index in [1.165, 1.54) is 0 Å². The Bertz CT molecular complexity index is 323. The molecule has 1 atom stereocenters. The summed E-state index contributed by atoms with van der Waals surface area (Å²) in [5, 5.41) is 3.64. The molecule has 0 saturated carbocycles. The van der Waals surface area contributed by atoms with Gasteiger partial charge in [-0.1, -0.05) is 6.07 Å². The fourth-order valence-corrected chi connectivity index (χ4v) is 3.26. The fourth-order valence-electron chi connectivity index (χ4n) is 1.81. The van der Waals surface area contributed by atoms with Crippen molar-refractivity contribution in [2.45, 2.75) is 23.8 Å². The van der Waals surface area contributed by atoms with Gasteiger partial charge in [-0.15, -0.1) is 0 Å². The van der Waals surface area contributed by atoms with Gasteiger partial charge >= 0.3 is 0 Å². The molecule has 1 aromatic rings. The van der Waals surface area contributed by atoms with Gasteiger partial charge in [0.1, 0.15) is 0 Å². The zero-order chi connectivity index (χ0) is 10.5. The summed E-state index contributed by atoms with van der Waals surface area (Å²) in [6.07, 6.45) is 3.81. The topological polar surface area (TPSA) is 42.0 Å². The van der Waals surface area contributed by atoms with Gasteiger partial charge in [0.25, 0.3) is 0 Å². The van der Waals surface area contributed by atoms with E-state index in [1.807, 2.05) is 18.2 Å². The molecule has 4 heteroatoms. The maximum absolute atomic E-state index is 12.0. The molecule has 2 heterocycles. The van der Waals surface area contributed by atoms with Gasteiger partial charge < -0.3 is 5.32 Å². The summed E-state index contributed by atoms with van der Waals surface area (Å²) in [6, 6.07) is 5.78. The van der Waals surface area contributed by atoms with Gasteiger partial charge in [0.15, 0.2) is 0 Å². The van der Waals surface area contributed by atoms with Gasteiger partial charge in [-0.2, -0.15) is 0 Å². The highest BCUT2D eigenvalue weighted by molar-refractivity contribution is 7.84. The van der Waals surface area contributed by atoms with Crippen LogP contribution in [0.15, 0.2) is 24.4 Å². The highest BCUT2D eigenvalue weighted by Crippen LogP contribution is 2.13. The minimum atomic E-state index is -0.760. The molecule has 1 aliphatic rings. The van der Waals surface area contributed by atoms with E-state index in [-0.39, 0.29) is 0 Å². The summed E-state index contributed by atoms with van der Waals surface area (Å²) in [4.78, 5) is 4.20. The second kappa shape index (κ2) is 5.37. The number of nitrogens with zero attached hydrogens (tertiary/aromatic N) is 1. The molecule has 0 amide bonds. The molecule has 1 aromatic heterocycles. The normalized spacial score (nSPS) is 20.0. The maximum Gasteiger partial charge on any atom is 0.0661 e. The maximum atomic E-state index is 12.0. The molecule has 0 radical (unpaired) electrons. The predicted molar refractivity (Wildman–Crippen MR) is 62.0 cm³/mol. The van der Waals surface area contributed by atoms with Crippen LogP contribution < -0.4 is 5.32 Å². The van der Waals surface area contributed by atoms with Crippen molar-refractivity contribution >= 4 is 10.8 Å². The van der Waals surface area contributed by atoms with Crippen molar-refractivity contribution < 1.29 is 4.21 Å². The Balaban J connectivity index is 1.91. The van der Waals surface area contributed by atoms with Gasteiger partial charge in [-0.25, -0.2) is 0 Å². The molecule has 0 bridgehead atoms. The van der Waals surface area contributed by atoms with E-state index >= 15 is 0 Å². The lowest BCUT2D eigenvalue weighted by Crippen LogP contribution is -2.33. The Morgan fingerprint density at radius 3 is 2.87 bits per heavy atom. The molecule has 0 spiro atoms. The Hall–Kier alpha value is -0.740. The van der Waals surface area contributed by atoms with Gasteiger partial charge in [0, 0.05) is 22.2 Å². The van der Waals surface area contributed by atoms with Crippen LogP contribution in [0.25, 0.3) is 0 Å². The molecular weight excluding hydrogens is 208 g/mol. The lowest BCUT2D eigenvalue weighted by molar-refractivity contribution is 0.519. The van der Waals surface area contributed by atoms with Crippen LogP contribution in [0.1, 0.15) is 18.5 Å². The van der Waals surface area contributed by atoms with Crippen LogP contribution in [0.4, 0.5) is 0 Å². The minimum absolute atomic E-state index is 0.355. The second-order valence-electron chi connectivity index (χ2n) is 3.80. The molecule has 1 saturated heterocycles. The summed E-state index contributed by atoms with van der Waals surface area (Å²) in [6.45, 7) is 2.00. The van der Waals surface area contributed by atoms with Crippen molar-refractivity contribution in [2.24, 2.45) is 0 Å². The third-order valence-electron chi connectivity index (χ3n) is 2.67. The average molecular weight is 224 g/mol. The smallest absolute Gasteiger partial charge is 0.0661 e. The Kier molecular flexibility index (Phi) is 3.86. The first-order valence-electron chi connectivity index (χ1n) is 5.34. The zero-order valence-electron chi connectivity index (χ0n) is 8.69. The van der Waals surface area contributed by atoms with Gasteiger partial charge in [0.05, 0.1) is 11.4 Å². The lowest BCUT2D eigenvalue weighted by atomic mass is 10.2. The van der Waals surface area contributed by atoms with Crippen molar-refractivity contribution in [1.29, 1.82) is 0 Å². The summed E-state index contributed by atoms with van der Waals surface area (Å²) < 4.78 is 12.0. The van der Waals surface area contributed by atoms with Crippen molar-refractivity contribution in [1.82, 2.24) is 10.3 Å². The van der Waals surface area contributed by atoms with Crippen molar-refractivity contribution in [3.63, 3.8) is 0 Å². The van der Waals surface area contributed by atoms with E-state index in [1.54, 1.807) is 6.20 Å². The van der Waals surface area contributed by atoms with Crippen LogP contribution in [0.3, 0.4) is 0 Å². The average Bonchev–Trinajstić information content (AvgIpc) is 2.31. The monoisotopic (exact) mass is 224 g/mol. The first-order valence-corrected chi connectivity index (χ1v) is 6.72. The molecule has 1 N–H and O–H groups in total. The Morgan fingerprint density at radius 2 is 2.20 bits per heavy atom. The predicted octanol–water partition coefficient (Wildman–Crippen LogP) is 1.08. The Morgan fingerprint density at radius 1 is 1.40 bits per heavy atom. The number of hydrogen-bond acceptors (Lipinski definition) is 3. The van der Waals surface area contributed by atoms with E-state index in [4.69, 9.17) is 0 Å². The summed E-state index contributed by atoms with van der Waals surface area (Å²) >= 11 is 0. The number of hydrogen-bond donors (Lipinski definition) is 1. The number of aromatic nitrogens is 1. The number of piperidine rings is 1. The molecule has 3 nitrogen and oxygen atoms in total. The number of nitrogens with one attached hydrogen (secondary N) is 1. The number of pyridine rings is 1. The standard InChI is InChI=1S/C11H16N2OS/c14-15(11-4-7-12-8-5-11)9-10-3-1-2-6-13-10/h1-3,6,11-12H,4-5,7-9H2. The van der Waals surface area contributed by atoms with Crippen molar-refractivity contribution in [3.8, 4) is 0 Å². The molecular formula is C11H16N2OS. The second-order valence-corrected chi connectivity index (χ2v) is 5.51. The first kappa shape index (κ1) is 10.8. The van der Waals surface area contributed by atoms with Crippen LogP contribution in [-0.4, -0.2) is 27.5 Å². The molecule has 15 heavy (non-hydrogen) atoms. The summed E-state index contributed by atoms with van der Waals surface area (Å²) in [5.74, 6) is 0.603. The Labute approximate surface area is 92.8 Å². The molecule has 82 valence electrons. The van der Waals surface area contributed by atoms with E-state index in [2.05, 4.69) is 10.3 Å². The molecule has 1 aliphatic heterocycles. The third-order valence-corrected chi connectivity index (χ3v) is 4.47. The molecule has 0 aromatic carbocycles. The van der Waals surface area contributed by atoms with E-state index in [9.17, 15) is 4.21 Å². The van der Waals surface area contributed by atoms with Gasteiger partial charge in [-0.3, -0.25) is 9.19 Å². The van der Waals surface area contributed by atoms with Crippen molar-refractivity contribution in [3.05, 3.63) is 30.1 Å². The molecule has 1 fully saturated rings. The highest BCUT2D eigenvalue weighted by Gasteiger charge is 2.19. The van der Waals surface area contributed by atoms with Gasteiger partial charge in [-0.05, 0) is 38.1 Å².